The maximum atomic E-state index is 12.8. The number of nitrogens with one attached hydrogen (secondary N) is 1. The van der Waals surface area contributed by atoms with Crippen LogP contribution in [0.1, 0.15) is 52.9 Å². The van der Waals surface area contributed by atoms with Crippen molar-refractivity contribution < 1.29 is 9.53 Å². The van der Waals surface area contributed by atoms with Crippen LogP contribution in [-0.4, -0.2) is 30.2 Å². The number of amides is 1. The molecule has 3 fully saturated rings. The van der Waals surface area contributed by atoms with Crippen molar-refractivity contribution in [1.29, 1.82) is 0 Å². The van der Waals surface area contributed by atoms with Crippen molar-refractivity contribution in [3.05, 3.63) is 0 Å². The van der Waals surface area contributed by atoms with E-state index in [0.29, 0.717) is 6.04 Å². The van der Waals surface area contributed by atoms with Gasteiger partial charge in [-0.2, -0.15) is 0 Å². The zero-order valence-electron chi connectivity index (χ0n) is 12.9. The molecule has 4 heteroatoms. The van der Waals surface area contributed by atoms with E-state index in [1.54, 1.807) is 0 Å². The summed E-state index contributed by atoms with van der Waals surface area (Å²) >= 11 is 0. The van der Waals surface area contributed by atoms with Crippen molar-refractivity contribution in [3.8, 4) is 0 Å². The lowest BCUT2D eigenvalue weighted by atomic mass is 9.48. The molecule has 2 saturated carbocycles. The topological polar surface area (TPSA) is 64.4 Å². The van der Waals surface area contributed by atoms with Gasteiger partial charge in [-0.3, -0.25) is 4.79 Å². The van der Waals surface area contributed by atoms with E-state index in [1.165, 1.54) is 12.8 Å². The predicted molar refractivity (Wildman–Crippen MR) is 78.1 cm³/mol. The van der Waals surface area contributed by atoms with Gasteiger partial charge in [0.25, 0.3) is 0 Å². The molecule has 2 aliphatic carbocycles. The minimum Gasteiger partial charge on any atom is -0.377 e. The van der Waals surface area contributed by atoms with Gasteiger partial charge in [0.05, 0.1) is 6.10 Å². The van der Waals surface area contributed by atoms with Gasteiger partial charge in [-0.1, -0.05) is 20.8 Å². The van der Waals surface area contributed by atoms with Crippen LogP contribution in [0.5, 0.6) is 0 Å². The Balaban J connectivity index is 1.67. The molecule has 1 aliphatic heterocycles. The van der Waals surface area contributed by atoms with Crippen molar-refractivity contribution in [1.82, 2.24) is 5.32 Å². The van der Waals surface area contributed by atoms with Crippen LogP contribution in [0, 0.1) is 17.3 Å². The highest BCUT2D eigenvalue weighted by Gasteiger charge is 2.71. The summed E-state index contributed by atoms with van der Waals surface area (Å²) in [6.45, 7) is 7.17. The first-order valence-corrected chi connectivity index (χ1v) is 8.09. The first-order chi connectivity index (χ1) is 9.37. The Morgan fingerprint density at radius 1 is 1.20 bits per heavy atom. The standard InChI is InChI=1S/C16H28N2O2/c1-10-4-6-11(7-5-10)18-14(19)16(17)12-8-9-20-13(12)15(16,2)3/h10-13H,4-9,17H2,1-3H3,(H,18,19). The van der Waals surface area contributed by atoms with Gasteiger partial charge in [0.1, 0.15) is 5.54 Å². The predicted octanol–water partition coefficient (Wildman–Crippen LogP) is 1.82. The van der Waals surface area contributed by atoms with Crippen molar-refractivity contribution in [3.63, 3.8) is 0 Å². The van der Waals surface area contributed by atoms with Gasteiger partial charge >= 0.3 is 0 Å². The molecule has 3 rings (SSSR count). The summed E-state index contributed by atoms with van der Waals surface area (Å²) < 4.78 is 5.76. The molecule has 20 heavy (non-hydrogen) atoms. The average molecular weight is 280 g/mol. The number of hydrogen-bond acceptors (Lipinski definition) is 3. The van der Waals surface area contributed by atoms with Crippen molar-refractivity contribution >= 4 is 5.91 Å². The van der Waals surface area contributed by atoms with Crippen LogP contribution in [0.2, 0.25) is 0 Å². The minimum absolute atomic E-state index is 0.0498. The van der Waals surface area contributed by atoms with Crippen LogP contribution in [0.25, 0.3) is 0 Å². The Hall–Kier alpha value is -0.610. The van der Waals surface area contributed by atoms with E-state index in [4.69, 9.17) is 10.5 Å². The lowest BCUT2D eigenvalue weighted by Gasteiger charge is -2.61. The van der Waals surface area contributed by atoms with Crippen LogP contribution < -0.4 is 11.1 Å². The smallest absolute Gasteiger partial charge is 0.241 e. The molecule has 1 heterocycles. The third-order valence-electron chi connectivity index (χ3n) is 6.18. The van der Waals surface area contributed by atoms with Gasteiger partial charge in [0.15, 0.2) is 0 Å². The summed E-state index contributed by atoms with van der Waals surface area (Å²) in [6, 6.07) is 0.316. The largest absolute Gasteiger partial charge is 0.377 e. The molecule has 0 aromatic rings. The van der Waals surface area contributed by atoms with Crippen LogP contribution >= 0.6 is 0 Å². The summed E-state index contributed by atoms with van der Waals surface area (Å²) in [4.78, 5) is 12.8. The molecule has 1 amide bonds. The Bertz CT molecular complexity index is 401. The fourth-order valence-corrected chi connectivity index (χ4v) is 4.55. The van der Waals surface area contributed by atoms with Gasteiger partial charge in [-0.15, -0.1) is 0 Å². The van der Waals surface area contributed by atoms with E-state index < -0.39 is 5.54 Å². The molecule has 3 aliphatic rings. The number of carbonyl (C=O) groups is 1. The van der Waals surface area contributed by atoms with Gasteiger partial charge in [0, 0.05) is 24.0 Å². The zero-order valence-corrected chi connectivity index (χ0v) is 12.9. The summed E-state index contributed by atoms with van der Waals surface area (Å²) in [5.74, 6) is 1.04. The lowest BCUT2D eigenvalue weighted by molar-refractivity contribution is -0.176. The number of rotatable bonds is 2. The Labute approximate surface area is 121 Å². The Morgan fingerprint density at radius 2 is 1.85 bits per heavy atom. The Kier molecular flexibility index (Phi) is 3.37. The molecule has 0 aromatic heterocycles. The highest BCUT2D eigenvalue weighted by atomic mass is 16.5. The number of ether oxygens (including phenoxy) is 1. The fourth-order valence-electron chi connectivity index (χ4n) is 4.55. The Morgan fingerprint density at radius 3 is 2.50 bits per heavy atom. The first kappa shape index (κ1) is 14.3. The highest BCUT2D eigenvalue weighted by Crippen LogP contribution is 2.58. The normalized spacial score (nSPS) is 46.4. The van der Waals surface area contributed by atoms with Crippen LogP contribution in [-0.2, 0) is 9.53 Å². The molecular formula is C16H28N2O2. The SMILES string of the molecule is CC1CCC(NC(=O)C2(N)C3CCOC3C2(C)C)CC1. The molecule has 0 radical (unpaired) electrons. The van der Waals surface area contributed by atoms with Crippen molar-refractivity contribution in [2.24, 2.45) is 23.0 Å². The maximum absolute atomic E-state index is 12.8. The molecule has 114 valence electrons. The summed E-state index contributed by atoms with van der Waals surface area (Å²) in [5.41, 5.74) is 5.55. The summed E-state index contributed by atoms with van der Waals surface area (Å²) in [6.07, 6.45) is 5.67. The summed E-state index contributed by atoms with van der Waals surface area (Å²) in [5, 5.41) is 3.23. The second-order valence-electron chi connectivity index (χ2n) is 7.71. The van der Waals surface area contributed by atoms with Crippen LogP contribution in [0.4, 0.5) is 0 Å². The van der Waals surface area contributed by atoms with Crippen molar-refractivity contribution in [2.45, 2.75) is 70.6 Å². The lowest BCUT2D eigenvalue weighted by Crippen LogP contribution is -2.80. The van der Waals surface area contributed by atoms with E-state index in [0.717, 1.165) is 31.8 Å². The van der Waals surface area contributed by atoms with E-state index in [2.05, 4.69) is 26.1 Å². The number of nitrogens with two attached hydrogens (primary N) is 1. The quantitative estimate of drug-likeness (QED) is 0.811. The highest BCUT2D eigenvalue weighted by molar-refractivity contribution is 5.89. The van der Waals surface area contributed by atoms with Gasteiger partial charge in [-0.05, 0) is 38.0 Å². The molecule has 0 bridgehead atoms. The maximum Gasteiger partial charge on any atom is 0.241 e. The zero-order chi connectivity index (χ0) is 14.5. The monoisotopic (exact) mass is 280 g/mol. The molecule has 0 aromatic carbocycles. The minimum atomic E-state index is -0.753. The number of fused-ring (bicyclic) bond motifs is 1. The second kappa shape index (κ2) is 4.70. The van der Waals surface area contributed by atoms with Crippen molar-refractivity contribution in [2.75, 3.05) is 6.61 Å². The van der Waals surface area contributed by atoms with Crippen LogP contribution in [0.15, 0.2) is 0 Å². The molecule has 3 atom stereocenters. The second-order valence-corrected chi connectivity index (χ2v) is 7.71. The van der Waals surface area contributed by atoms with E-state index in [1.807, 2.05) is 0 Å². The summed E-state index contributed by atoms with van der Waals surface area (Å²) in [7, 11) is 0. The van der Waals surface area contributed by atoms with E-state index in [9.17, 15) is 4.79 Å². The van der Waals surface area contributed by atoms with E-state index >= 15 is 0 Å². The molecule has 1 saturated heterocycles. The average Bonchev–Trinajstić information content (AvgIpc) is 2.88. The van der Waals surface area contributed by atoms with Crippen LogP contribution in [0.3, 0.4) is 0 Å². The van der Waals surface area contributed by atoms with E-state index in [-0.39, 0.29) is 23.3 Å². The third kappa shape index (κ3) is 1.84. The molecule has 3 N–H and O–H groups in total. The molecule has 4 nitrogen and oxygen atoms in total. The third-order valence-corrected chi connectivity index (χ3v) is 6.18. The molecule has 0 spiro atoms. The fraction of sp³-hybridized carbons (Fsp3) is 0.938. The first-order valence-electron chi connectivity index (χ1n) is 8.09. The van der Waals surface area contributed by atoms with Gasteiger partial charge < -0.3 is 15.8 Å². The molecule has 3 unspecified atom stereocenters. The van der Waals surface area contributed by atoms with Gasteiger partial charge in [0.2, 0.25) is 5.91 Å². The van der Waals surface area contributed by atoms with Gasteiger partial charge in [-0.25, -0.2) is 0 Å². The molecular weight excluding hydrogens is 252 g/mol. The number of carbonyl (C=O) groups excluding carboxylic acids is 1. The number of hydrogen-bond donors (Lipinski definition) is 2.